The lowest BCUT2D eigenvalue weighted by Crippen LogP contribution is -2.37. The van der Waals surface area contributed by atoms with E-state index in [9.17, 15) is 14.3 Å². The summed E-state index contributed by atoms with van der Waals surface area (Å²) < 4.78 is 13.7. The molecule has 26 heavy (non-hydrogen) atoms. The molecule has 1 aromatic heterocycles. The first-order valence-electron chi connectivity index (χ1n) is 8.21. The van der Waals surface area contributed by atoms with E-state index in [2.05, 4.69) is 4.98 Å². The minimum Gasteiger partial charge on any atom is -0.387 e. The lowest BCUT2D eigenvalue weighted by atomic mass is 9.93. The van der Waals surface area contributed by atoms with Crippen LogP contribution < -0.4 is 0 Å². The van der Waals surface area contributed by atoms with Crippen molar-refractivity contribution in [1.82, 2.24) is 9.88 Å². The highest BCUT2D eigenvalue weighted by molar-refractivity contribution is 6.43. The number of carbonyl (C=O) groups is 1. The van der Waals surface area contributed by atoms with Crippen molar-refractivity contribution in [2.24, 2.45) is 0 Å². The van der Waals surface area contributed by atoms with Gasteiger partial charge in [-0.25, -0.2) is 4.39 Å². The van der Waals surface area contributed by atoms with Gasteiger partial charge in [-0.15, -0.1) is 0 Å². The van der Waals surface area contributed by atoms with Crippen LogP contribution >= 0.6 is 23.2 Å². The number of benzene rings is 1. The van der Waals surface area contributed by atoms with E-state index >= 15 is 0 Å². The molecule has 7 heteroatoms. The summed E-state index contributed by atoms with van der Waals surface area (Å²) in [7, 11) is 0. The molecule has 1 N–H and O–H groups in total. The number of aromatic nitrogens is 1. The number of aliphatic hydroxyl groups excluding tert-OH is 1. The molecule has 0 bridgehead atoms. The van der Waals surface area contributed by atoms with Crippen molar-refractivity contribution in [3.63, 3.8) is 0 Å². The van der Waals surface area contributed by atoms with Crippen molar-refractivity contribution in [2.45, 2.75) is 12.8 Å². The quantitative estimate of drug-likeness (QED) is 0.846. The fourth-order valence-corrected chi connectivity index (χ4v) is 4.19. The summed E-state index contributed by atoms with van der Waals surface area (Å²) >= 11 is 12.8. The van der Waals surface area contributed by atoms with E-state index in [1.54, 1.807) is 17.2 Å². The van der Waals surface area contributed by atoms with Gasteiger partial charge in [-0.05, 0) is 47.2 Å². The molecule has 1 aromatic carbocycles. The fourth-order valence-electron chi connectivity index (χ4n) is 3.76. The zero-order chi connectivity index (χ0) is 18.4. The van der Waals surface area contributed by atoms with Crippen LogP contribution in [0.5, 0.6) is 0 Å². The highest BCUT2D eigenvalue weighted by Crippen LogP contribution is 2.47. The standard InChI is InChI=1S/C19H15Cl2FN2O2/c20-16-5-13(11-3-12(22)7-23-6-11)18-14(19(16)21)4-10-1-2-24(8-15(10)18)17(26)9-25/h3,5-7,25H,1-2,4,8-9H2. The zero-order valence-corrected chi connectivity index (χ0v) is 15.2. The average molecular weight is 393 g/mol. The molecule has 0 fully saturated rings. The van der Waals surface area contributed by atoms with Gasteiger partial charge in [0.1, 0.15) is 12.4 Å². The van der Waals surface area contributed by atoms with Crippen LogP contribution in [0.3, 0.4) is 0 Å². The van der Waals surface area contributed by atoms with Gasteiger partial charge in [0.2, 0.25) is 5.91 Å². The third-order valence-corrected chi connectivity index (χ3v) is 5.80. The number of aliphatic hydroxyl groups is 1. The highest BCUT2D eigenvalue weighted by Gasteiger charge is 2.33. The molecule has 0 atom stereocenters. The van der Waals surface area contributed by atoms with Crippen LogP contribution in [0.15, 0.2) is 30.1 Å². The number of carbonyl (C=O) groups excluding carboxylic acids is 1. The van der Waals surface area contributed by atoms with E-state index in [0.29, 0.717) is 41.5 Å². The first-order valence-corrected chi connectivity index (χ1v) is 8.97. The molecule has 0 radical (unpaired) electrons. The van der Waals surface area contributed by atoms with Crippen LogP contribution in [0, 0.1) is 5.82 Å². The molecule has 0 spiro atoms. The summed E-state index contributed by atoms with van der Waals surface area (Å²) in [5.41, 5.74) is 5.38. The number of hydrogen-bond donors (Lipinski definition) is 1. The molecule has 1 aliphatic heterocycles. The van der Waals surface area contributed by atoms with Crippen molar-refractivity contribution in [1.29, 1.82) is 0 Å². The van der Waals surface area contributed by atoms with Gasteiger partial charge >= 0.3 is 0 Å². The van der Waals surface area contributed by atoms with Gasteiger partial charge in [-0.1, -0.05) is 28.8 Å². The molecule has 4 rings (SSSR count). The van der Waals surface area contributed by atoms with Crippen LogP contribution in [0.2, 0.25) is 10.0 Å². The summed E-state index contributed by atoms with van der Waals surface area (Å²) in [6.07, 6.45) is 4.11. The highest BCUT2D eigenvalue weighted by atomic mass is 35.5. The Kier molecular flexibility index (Phi) is 4.47. The van der Waals surface area contributed by atoms with Gasteiger partial charge < -0.3 is 10.0 Å². The number of rotatable bonds is 2. The summed E-state index contributed by atoms with van der Waals surface area (Å²) in [6.45, 7) is 0.446. The Morgan fingerprint density at radius 3 is 2.85 bits per heavy atom. The van der Waals surface area contributed by atoms with Gasteiger partial charge in [0.05, 0.1) is 16.2 Å². The van der Waals surface area contributed by atoms with Crippen molar-refractivity contribution >= 4 is 34.7 Å². The minimum absolute atomic E-state index is 0.306. The van der Waals surface area contributed by atoms with Gasteiger partial charge in [0.15, 0.2) is 0 Å². The molecular formula is C19H15Cl2FN2O2. The van der Waals surface area contributed by atoms with Crippen LogP contribution in [0.4, 0.5) is 4.39 Å². The summed E-state index contributed by atoms with van der Waals surface area (Å²) in [5, 5.41) is 10.1. The maximum Gasteiger partial charge on any atom is 0.248 e. The first kappa shape index (κ1) is 17.5. The molecule has 2 heterocycles. The van der Waals surface area contributed by atoms with E-state index in [4.69, 9.17) is 23.2 Å². The lowest BCUT2D eigenvalue weighted by molar-refractivity contribution is -0.133. The molecule has 134 valence electrons. The number of nitrogens with zero attached hydrogens (tertiary/aromatic N) is 2. The predicted molar refractivity (Wildman–Crippen MR) is 98.6 cm³/mol. The Balaban J connectivity index is 1.88. The molecule has 1 aliphatic carbocycles. The van der Waals surface area contributed by atoms with E-state index in [1.165, 1.54) is 11.6 Å². The SMILES string of the molecule is O=C(CO)N1CCC2=C(C1)c1c(-c3cncc(F)c3)cc(Cl)c(Cl)c1C2. The third-order valence-electron chi connectivity index (χ3n) is 4.97. The maximum atomic E-state index is 13.7. The first-order chi connectivity index (χ1) is 12.5. The Morgan fingerprint density at radius 1 is 1.31 bits per heavy atom. The summed E-state index contributed by atoms with van der Waals surface area (Å²) in [6, 6.07) is 3.13. The lowest BCUT2D eigenvalue weighted by Gasteiger charge is -2.29. The minimum atomic E-state index is -0.516. The second kappa shape index (κ2) is 6.65. The van der Waals surface area contributed by atoms with Crippen LogP contribution in [0.25, 0.3) is 16.7 Å². The second-order valence-corrected chi connectivity index (χ2v) is 7.23. The molecular weight excluding hydrogens is 378 g/mol. The molecule has 0 saturated heterocycles. The second-order valence-electron chi connectivity index (χ2n) is 6.45. The van der Waals surface area contributed by atoms with Crippen molar-refractivity contribution in [3.05, 3.63) is 57.1 Å². The largest absolute Gasteiger partial charge is 0.387 e. The number of fused-ring (bicyclic) bond motifs is 2. The van der Waals surface area contributed by atoms with Gasteiger partial charge in [-0.3, -0.25) is 9.78 Å². The summed E-state index contributed by atoms with van der Waals surface area (Å²) in [5.74, 6) is -0.741. The normalized spacial score (nSPS) is 15.9. The smallest absolute Gasteiger partial charge is 0.248 e. The van der Waals surface area contributed by atoms with Crippen LogP contribution in [0.1, 0.15) is 17.5 Å². The van der Waals surface area contributed by atoms with E-state index in [0.717, 1.165) is 28.5 Å². The fraction of sp³-hybridized carbons (Fsp3) is 0.263. The number of hydrogen-bond acceptors (Lipinski definition) is 3. The molecule has 0 unspecified atom stereocenters. The molecule has 4 nitrogen and oxygen atoms in total. The monoisotopic (exact) mass is 392 g/mol. The van der Waals surface area contributed by atoms with Gasteiger partial charge in [-0.2, -0.15) is 0 Å². The number of halogens is 3. The topological polar surface area (TPSA) is 53.4 Å². The van der Waals surface area contributed by atoms with Crippen molar-refractivity contribution < 1.29 is 14.3 Å². The zero-order valence-electron chi connectivity index (χ0n) is 13.7. The average Bonchev–Trinajstić information content (AvgIpc) is 3.03. The van der Waals surface area contributed by atoms with Gasteiger partial charge in [0.25, 0.3) is 0 Å². The number of pyridine rings is 1. The molecule has 1 amide bonds. The maximum absolute atomic E-state index is 13.7. The third kappa shape index (κ3) is 2.80. The Labute approximate surface area is 159 Å². The molecule has 2 aliphatic rings. The van der Waals surface area contributed by atoms with Crippen molar-refractivity contribution in [2.75, 3.05) is 19.7 Å². The van der Waals surface area contributed by atoms with E-state index < -0.39 is 12.4 Å². The van der Waals surface area contributed by atoms with Gasteiger partial charge in [0, 0.05) is 24.8 Å². The molecule has 0 saturated carbocycles. The molecule has 2 aromatic rings. The number of amides is 1. The predicted octanol–water partition coefficient (Wildman–Crippen LogP) is 3.73. The van der Waals surface area contributed by atoms with Crippen LogP contribution in [-0.4, -0.2) is 40.6 Å². The Morgan fingerprint density at radius 2 is 2.12 bits per heavy atom. The Bertz CT molecular complexity index is 959. The summed E-state index contributed by atoms with van der Waals surface area (Å²) in [4.78, 5) is 17.5. The van der Waals surface area contributed by atoms with E-state index in [1.807, 2.05) is 0 Å². The van der Waals surface area contributed by atoms with E-state index in [-0.39, 0.29) is 5.91 Å². The van der Waals surface area contributed by atoms with Crippen LogP contribution in [-0.2, 0) is 11.2 Å². The van der Waals surface area contributed by atoms with Crippen molar-refractivity contribution in [3.8, 4) is 11.1 Å². The Hall–Kier alpha value is -1.95.